The molecule has 0 saturated carbocycles. The molecule has 1 saturated heterocycles. The van der Waals surface area contributed by atoms with Gasteiger partial charge in [-0.2, -0.15) is 0 Å². The molecule has 1 amide bonds. The van der Waals surface area contributed by atoms with Gasteiger partial charge < -0.3 is 9.64 Å². The third kappa shape index (κ3) is 4.27. The lowest BCUT2D eigenvalue weighted by Crippen LogP contribution is -2.32. The molecule has 1 fully saturated rings. The van der Waals surface area contributed by atoms with E-state index >= 15 is 0 Å². The molecule has 1 aromatic heterocycles. The molecule has 0 radical (unpaired) electrons. The van der Waals surface area contributed by atoms with Gasteiger partial charge >= 0.3 is 0 Å². The summed E-state index contributed by atoms with van der Waals surface area (Å²) in [4.78, 5) is 33.2. The molecule has 156 valence electrons. The molecule has 3 aromatic rings. The minimum Gasteiger partial charge on any atom is -0.383 e. The van der Waals surface area contributed by atoms with E-state index in [0.29, 0.717) is 29.2 Å². The molecule has 0 spiro atoms. The normalized spacial score (nSPS) is 14.9. The first-order valence-corrected chi connectivity index (χ1v) is 11.1. The van der Waals surface area contributed by atoms with Gasteiger partial charge in [0, 0.05) is 20.2 Å². The summed E-state index contributed by atoms with van der Waals surface area (Å²) in [6, 6.07) is 17.1. The molecule has 0 aliphatic carbocycles. The van der Waals surface area contributed by atoms with Crippen molar-refractivity contribution in [1.82, 2.24) is 14.5 Å². The van der Waals surface area contributed by atoms with Crippen LogP contribution in [0.25, 0.3) is 10.9 Å². The summed E-state index contributed by atoms with van der Waals surface area (Å²) < 4.78 is 6.84. The van der Waals surface area contributed by atoms with Crippen LogP contribution in [0.4, 0.5) is 0 Å². The number of aromatic nitrogens is 2. The van der Waals surface area contributed by atoms with Crippen LogP contribution in [-0.4, -0.2) is 47.2 Å². The Hall–Kier alpha value is -2.64. The monoisotopic (exact) mass is 423 g/mol. The quantitative estimate of drug-likeness (QED) is 0.430. The van der Waals surface area contributed by atoms with E-state index in [1.807, 2.05) is 53.4 Å². The largest absolute Gasteiger partial charge is 0.383 e. The van der Waals surface area contributed by atoms with E-state index in [-0.39, 0.29) is 11.5 Å². The average Bonchev–Trinajstić information content (AvgIpc) is 3.32. The first-order chi connectivity index (χ1) is 14.7. The number of likely N-dealkylation sites (tertiary alicyclic amines) is 1. The number of carbonyl (C=O) groups is 1. The van der Waals surface area contributed by atoms with Crippen molar-refractivity contribution < 1.29 is 9.53 Å². The fourth-order valence-electron chi connectivity index (χ4n) is 3.71. The number of ether oxygens (including phenoxy) is 1. The second kappa shape index (κ2) is 9.45. The lowest BCUT2D eigenvalue weighted by atomic mass is 10.1. The van der Waals surface area contributed by atoms with Gasteiger partial charge in [0.1, 0.15) is 5.25 Å². The van der Waals surface area contributed by atoms with Gasteiger partial charge in [0.2, 0.25) is 5.91 Å². The first-order valence-electron chi connectivity index (χ1n) is 10.2. The maximum absolute atomic E-state index is 13.4. The standard InChI is InChI=1S/C23H25N3O3S/c1-29-16-15-26-21(27)18-11-5-6-12-19(18)24-23(26)30-20(17-9-3-2-4-10-17)22(28)25-13-7-8-14-25/h2-6,9-12,20H,7-8,13-16H2,1H3/t20-/m1/s1. The number of hydrogen-bond donors (Lipinski definition) is 0. The molecule has 1 aliphatic rings. The molecule has 6 nitrogen and oxygen atoms in total. The Labute approximate surface area is 179 Å². The van der Waals surface area contributed by atoms with Crippen molar-refractivity contribution in [3.63, 3.8) is 0 Å². The second-order valence-corrected chi connectivity index (χ2v) is 8.37. The zero-order chi connectivity index (χ0) is 20.9. The molecule has 2 heterocycles. The molecule has 7 heteroatoms. The summed E-state index contributed by atoms with van der Waals surface area (Å²) in [5.41, 5.74) is 1.44. The SMILES string of the molecule is COCCn1c(S[C@@H](C(=O)N2CCCC2)c2ccccc2)nc2ccccc2c1=O. The Balaban J connectivity index is 1.78. The zero-order valence-corrected chi connectivity index (χ0v) is 17.8. The van der Waals surface area contributed by atoms with Gasteiger partial charge in [-0.1, -0.05) is 54.2 Å². The molecule has 30 heavy (non-hydrogen) atoms. The summed E-state index contributed by atoms with van der Waals surface area (Å²) in [7, 11) is 1.61. The van der Waals surface area contributed by atoms with Crippen LogP contribution in [0.15, 0.2) is 64.5 Å². The Morgan fingerprint density at radius 1 is 1.10 bits per heavy atom. The van der Waals surface area contributed by atoms with Crippen LogP contribution in [0.5, 0.6) is 0 Å². The predicted molar refractivity (Wildman–Crippen MR) is 119 cm³/mol. The lowest BCUT2D eigenvalue weighted by molar-refractivity contribution is -0.129. The minimum atomic E-state index is -0.453. The number of nitrogens with zero attached hydrogens (tertiary/aromatic N) is 3. The van der Waals surface area contributed by atoms with E-state index in [2.05, 4.69) is 0 Å². The van der Waals surface area contributed by atoms with Crippen LogP contribution < -0.4 is 5.56 Å². The van der Waals surface area contributed by atoms with Crippen molar-refractivity contribution in [1.29, 1.82) is 0 Å². The van der Waals surface area contributed by atoms with Gasteiger partial charge in [-0.15, -0.1) is 0 Å². The maximum Gasteiger partial charge on any atom is 0.262 e. The molecule has 2 aromatic carbocycles. The zero-order valence-electron chi connectivity index (χ0n) is 17.0. The van der Waals surface area contributed by atoms with E-state index < -0.39 is 5.25 Å². The summed E-state index contributed by atoms with van der Waals surface area (Å²) in [5.74, 6) is 0.0735. The van der Waals surface area contributed by atoms with E-state index in [4.69, 9.17) is 9.72 Å². The highest BCUT2D eigenvalue weighted by molar-refractivity contribution is 8.00. The van der Waals surface area contributed by atoms with E-state index in [9.17, 15) is 9.59 Å². The molecule has 4 rings (SSSR count). The van der Waals surface area contributed by atoms with Gasteiger partial charge in [-0.05, 0) is 30.5 Å². The highest BCUT2D eigenvalue weighted by atomic mass is 32.2. The third-order valence-electron chi connectivity index (χ3n) is 5.31. The van der Waals surface area contributed by atoms with Crippen LogP contribution in [0.2, 0.25) is 0 Å². The van der Waals surface area contributed by atoms with Gasteiger partial charge in [-0.25, -0.2) is 4.98 Å². The van der Waals surface area contributed by atoms with Crippen molar-refractivity contribution >= 4 is 28.6 Å². The number of rotatable bonds is 7. The molecule has 0 bridgehead atoms. The highest BCUT2D eigenvalue weighted by Gasteiger charge is 2.30. The van der Waals surface area contributed by atoms with Gasteiger partial charge in [0.25, 0.3) is 5.56 Å². The van der Waals surface area contributed by atoms with Crippen molar-refractivity contribution in [2.45, 2.75) is 29.8 Å². The highest BCUT2D eigenvalue weighted by Crippen LogP contribution is 2.36. The number of thioether (sulfide) groups is 1. The number of amides is 1. The molecule has 0 N–H and O–H groups in total. The minimum absolute atomic E-state index is 0.0735. The summed E-state index contributed by atoms with van der Waals surface area (Å²) >= 11 is 1.35. The number of para-hydroxylation sites is 1. The summed E-state index contributed by atoms with van der Waals surface area (Å²) in [5, 5.41) is 0.656. The number of methoxy groups -OCH3 is 1. The summed E-state index contributed by atoms with van der Waals surface area (Å²) in [6.07, 6.45) is 2.06. The fraction of sp³-hybridized carbons (Fsp3) is 0.348. The van der Waals surface area contributed by atoms with Crippen molar-refractivity contribution in [2.75, 3.05) is 26.8 Å². The number of hydrogen-bond acceptors (Lipinski definition) is 5. The van der Waals surface area contributed by atoms with Crippen LogP contribution in [0.3, 0.4) is 0 Å². The van der Waals surface area contributed by atoms with Gasteiger partial charge in [0.15, 0.2) is 5.16 Å². The number of fused-ring (bicyclic) bond motifs is 1. The van der Waals surface area contributed by atoms with Crippen LogP contribution >= 0.6 is 11.8 Å². The van der Waals surface area contributed by atoms with Crippen molar-refractivity contribution in [2.24, 2.45) is 0 Å². The van der Waals surface area contributed by atoms with E-state index in [0.717, 1.165) is 31.5 Å². The van der Waals surface area contributed by atoms with Crippen LogP contribution in [-0.2, 0) is 16.1 Å². The Bertz CT molecular complexity index is 1080. The van der Waals surface area contributed by atoms with Crippen LogP contribution in [0.1, 0.15) is 23.7 Å². The molecule has 1 aliphatic heterocycles. The smallest absolute Gasteiger partial charge is 0.262 e. The number of carbonyl (C=O) groups excluding carboxylic acids is 1. The van der Waals surface area contributed by atoms with Crippen molar-refractivity contribution in [3.05, 3.63) is 70.5 Å². The summed E-state index contributed by atoms with van der Waals surface area (Å²) in [6.45, 7) is 2.34. The topological polar surface area (TPSA) is 64.4 Å². The Kier molecular flexibility index (Phi) is 6.50. The first kappa shape index (κ1) is 20.6. The number of benzene rings is 2. The van der Waals surface area contributed by atoms with Crippen molar-refractivity contribution in [3.8, 4) is 0 Å². The Morgan fingerprint density at radius 3 is 2.53 bits per heavy atom. The maximum atomic E-state index is 13.4. The molecule has 1 atom stereocenters. The van der Waals surface area contributed by atoms with E-state index in [1.54, 1.807) is 17.7 Å². The Morgan fingerprint density at radius 2 is 1.80 bits per heavy atom. The van der Waals surface area contributed by atoms with E-state index in [1.165, 1.54) is 11.8 Å². The predicted octanol–water partition coefficient (Wildman–Crippen LogP) is 3.50. The molecule has 0 unspecified atom stereocenters. The lowest BCUT2D eigenvalue weighted by Gasteiger charge is -2.24. The third-order valence-corrected chi connectivity index (χ3v) is 6.55. The average molecular weight is 424 g/mol. The van der Waals surface area contributed by atoms with Gasteiger partial charge in [0.05, 0.1) is 24.1 Å². The molecular formula is C23H25N3O3S. The molecular weight excluding hydrogens is 398 g/mol. The fourth-order valence-corrected chi connectivity index (χ4v) is 4.92. The van der Waals surface area contributed by atoms with Gasteiger partial charge in [-0.3, -0.25) is 14.2 Å². The second-order valence-electron chi connectivity index (χ2n) is 7.30. The van der Waals surface area contributed by atoms with Crippen LogP contribution in [0, 0.1) is 0 Å².